The minimum absolute atomic E-state index is 0.295. The number of nitrogens with one attached hydrogen (secondary N) is 1. The third-order valence-electron chi connectivity index (χ3n) is 8.54. The Morgan fingerprint density at radius 2 is 1.88 bits per heavy atom. The molecule has 5 atom stereocenters. The summed E-state index contributed by atoms with van der Waals surface area (Å²) in [6, 6.07) is 8.99. The molecule has 2 N–H and O–H groups in total. The van der Waals surface area contributed by atoms with Crippen molar-refractivity contribution < 1.29 is 10.0 Å². The first-order valence-corrected chi connectivity index (χ1v) is 12.1. The van der Waals surface area contributed by atoms with Crippen LogP contribution in [0.2, 0.25) is 0 Å². The van der Waals surface area contributed by atoms with Crippen molar-refractivity contribution >= 4 is 11.5 Å². The molecule has 0 spiro atoms. The molecule has 168 valence electrons. The zero-order valence-corrected chi connectivity index (χ0v) is 19.4. The lowest BCUT2D eigenvalue weighted by atomic mass is 9.58. The zero-order chi connectivity index (χ0) is 22.5. The molecule has 3 unspecified atom stereocenters. The Morgan fingerprint density at radius 1 is 1.09 bits per heavy atom. The van der Waals surface area contributed by atoms with Gasteiger partial charge in [-0.1, -0.05) is 34.8 Å². The van der Waals surface area contributed by atoms with Gasteiger partial charge in [-0.15, -0.1) is 5.92 Å². The van der Waals surface area contributed by atoms with E-state index >= 15 is 0 Å². The maximum absolute atomic E-state index is 12.2. The number of hydroxylamine groups is 1. The maximum Gasteiger partial charge on any atom is 0.155 e. The molecule has 5 rings (SSSR count). The van der Waals surface area contributed by atoms with Crippen LogP contribution in [0.5, 0.6) is 0 Å². The van der Waals surface area contributed by atoms with Crippen LogP contribution in [-0.4, -0.2) is 30.6 Å². The lowest BCUT2D eigenvalue weighted by Gasteiger charge is -2.47. The molecule has 0 radical (unpaired) electrons. The molecule has 1 fully saturated rings. The Balaban J connectivity index is 1.63. The molecule has 0 aromatic heterocycles. The van der Waals surface area contributed by atoms with Crippen LogP contribution in [0.25, 0.3) is 0 Å². The molecule has 0 aliphatic heterocycles. The first-order valence-electron chi connectivity index (χ1n) is 12.1. The number of ketones is 1. The Kier molecular flexibility index (Phi) is 5.51. The molecular weight excluding hydrogens is 396 g/mol. The van der Waals surface area contributed by atoms with E-state index in [0.717, 1.165) is 38.5 Å². The molecular formula is C28H34N2O2. The minimum atomic E-state index is -0.515. The summed E-state index contributed by atoms with van der Waals surface area (Å²) in [5, 5.41) is 10.2. The van der Waals surface area contributed by atoms with Crippen molar-refractivity contribution in [3.63, 3.8) is 0 Å². The number of hydrogen-bond donors (Lipinski definition) is 2. The second-order valence-electron chi connectivity index (χ2n) is 10.2. The monoisotopic (exact) mass is 430 g/mol. The van der Waals surface area contributed by atoms with Crippen LogP contribution in [0.4, 0.5) is 5.69 Å². The summed E-state index contributed by atoms with van der Waals surface area (Å²) < 4.78 is 0. The first kappa shape index (κ1) is 21.5. The lowest BCUT2D eigenvalue weighted by molar-refractivity contribution is -0.115. The SMILES string of the molecule is CC#C[C@]1(NO)CCC2C3=C(C4CCC(=O)C=C4CC3)[C@@H](c3ccc(N(C)C)cc3)CC21. The topological polar surface area (TPSA) is 52.6 Å². The number of allylic oxidation sites excluding steroid dienone is 4. The van der Waals surface area contributed by atoms with Gasteiger partial charge in [-0.05, 0) is 81.1 Å². The highest BCUT2D eigenvalue weighted by Crippen LogP contribution is 2.60. The fraction of sp³-hybridized carbons (Fsp3) is 0.536. The van der Waals surface area contributed by atoms with E-state index in [9.17, 15) is 10.0 Å². The van der Waals surface area contributed by atoms with Gasteiger partial charge in [0.15, 0.2) is 5.78 Å². The van der Waals surface area contributed by atoms with Crippen molar-refractivity contribution in [2.24, 2.45) is 17.8 Å². The van der Waals surface area contributed by atoms with Crippen molar-refractivity contribution in [1.82, 2.24) is 5.48 Å². The zero-order valence-electron chi connectivity index (χ0n) is 19.4. The standard InChI is InChI=1S/C28H34N2O2/c1-4-14-28(29-32)15-13-23-24-11-7-19-16-21(31)10-12-22(19)27(24)25(17-26(23)28)18-5-8-20(9-6-18)30(2)3/h5-6,8-9,16,22-23,25-26,29,32H,7,10-13,15,17H2,1-3H3/t22?,23?,25-,26?,28+/m1/s1. The number of nitrogens with zero attached hydrogens (tertiary/aromatic N) is 1. The summed E-state index contributed by atoms with van der Waals surface area (Å²) >= 11 is 0. The van der Waals surface area contributed by atoms with Crippen LogP contribution < -0.4 is 10.4 Å². The Bertz CT molecular complexity index is 1040. The molecule has 1 aromatic carbocycles. The Hall–Kier alpha value is -2.35. The van der Waals surface area contributed by atoms with Gasteiger partial charge >= 0.3 is 0 Å². The van der Waals surface area contributed by atoms with Crippen molar-refractivity contribution in [2.75, 3.05) is 19.0 Å². The van der Waals surface area contributed by atoms with Crippen LogP contribution in [0.3, 0.4) is 0 Å². The summed E-state index contributed by atoms with van der Waals surface area (Å²) in [4.78, 5) is 14.3. The highest BCUT2D eigenvalue weighted by molar-refractivity contribution is 5.91. The van der Waals surface area contributed by atoms with Gasteiger partial charge in [0, 0.05) is 38.0 Å². The average molecular weight is 431 g/mol. The van der Waals surface area contributed by atoms with Crippen molar-refractivity contribution in [3.05, 3.63) is 52.6 Å². The van der Waals surface area contributed by atoms with Gasteiger partial charge in [-0.25, -0.2) is 0 Å². The molecule has 4 nitrogen and oxygen atoms in total. The number of carbonyl (C=O) groups is 1. The summed E-state index contributed by atoms with van der Waals surface area (Å²) in [5.74, 6) is 8.24. The van der Waals surface area contributed by atoms with Gasteiger partial charge in [-0.2, -0.15) is 5.48 Å². The van der Waals surface area contributed by atoms with Crippen LogP contribution in [-0.2, 0) is 4.79 Å². The van der Waals surface area contributed by atoms with E-state index in [-0.39, 0.29) is 0 Å². The van der Waals surface area contributed by atoms with E-state index in [1.54, 1.807) is 11.1 Å². The molecule has 4 heteroatoms. The maximum atomic E-state index is 12.2. The van der Waals surface area contributed by atoms with Gasteiger partial charge in [0.2, 0.25) is 0 Å². The van der Waals surface area contributed by atoms with Crippen molar-refractivity contribution in [3.8, 4) is 11.8 Å². The first-order chi connectivity index (χ1) is 15.5. The number of carbonyl (C=O) groups excluding carboxylic acids is 1. The smallest absolute Gasteiger partial charge is 0.155 e. The Labute approximate surface area is 191 Å². The summed E-state index contributed by atoms with van der Waals surface area (Å²) in [5.41, 5.74) is 9.26. The summed E-state index contributed by atoms with van der Waals surface area (Å²) in [6.45, 7) is 1.87. The summed E-state index contributed by atoms with van der Waals surface area (Å²) in [7, 11) is 4.14. The number of rotatable bonds is 3. The van der Waals surface area contributed by atoms with E-state index in [4.69, 9.17) is 0 Å². The van der Waals surface area contributed by atoms with Crippen molar-refractivity contribution in [2.45, 2.75) is 63.3 Å². The van der Waals surface area contributed by atoms with E-state index in [0.29, 0.717) is 35.9 Å². The van der Waals surface area contributed by atoms with Crippen LogP contribution in [0.1, 0.15) is 63.4 Å². The molecule has 0 amide bonds. The second kappa shape index (κ2) is 8.21. The van der Waals surface area contributed by atoms with Gasteiger partial charge in [0.25, 0.3) is 0 Å². The molecule has 1 saturated carbocycles. The van der Waals surface area contributed by atoms with E-state index in [2.05, 4.69) is 60.6 Å². The number of fused-ring (bicyclic) bond motifs is 4. The summed E-state index contributed by atoms with van der Waals surface area (Å²) in [6.07, 6.45) is 8.55. The predicted octanol–water partition coefficient (Wildman–Crippen LogP) is 5.00. The van der Waals surface area contributed by atoms with Gasteiger partial charge in [0.05, 0.1) is 0 Å². The Morgan fingerprint density at radius 3 is 2.56 bits per heavy atom. The molecule has 4 aliphatic carbocycles. The van der Waals surface area contributed by atoms with Crippen LogP contribution >= 0.6 is 0 Å². The number of hydrogen-bond acceptors (Lipinski definition) is 4. The molecule has 0 bridgehead atoms. The van der Waals surface area contributed by atoms with Crippen LogP contribution in [0, 0.1) is 29.6 Å². The molecule has 4 aliphatic rings. The highest BCUT2D eigenvalue weighted by Gasteiger charge is 2.54. The number of benzene rings is 1. The number of anilines is 1. The lowest BCUT2D eigenvalue weighted by Crippen LogP contribution is -2.49. The largest absolute Gasteiger partial charge is 0.378 e. The third kappa shape index (κ3) is 3.34. The fourth-order valence-corrected chi connectivity index (χ4v) is 7.11. The predicted molar refractivity (Wildman–Crippen MR) is 128 cm³/mol. The van der Waals surface area contributed by atoms with Crippen molar-refractivity contribution in [1.29, 1.82) is 0 Å². The van der Waals surface area contributed by atoms with Crippen LogP contribution in [0.15, 0.2) is 47.1 Å². The van der Waals surface area contributed by atoms with Gasteiger partial charge in [-0.3, -0.25) is 4.79 Å². The molecule has 32 heavy (non-hydrogen) atoms. The molecule has 1 aromatic rings. The van der Waals surface area contributed by atoms with E-state index < -0.39 is 5.54 Å². The minimum Gasteiger partial charge on any atom is -0.378 e. The fourth-order valence-electron chi connectivity index (χ4n) is 7.11. The average Bonchev–Trinajstić information content (AvgIpc) is 3.17. The highest BCUT2D eigenvalue weighted by atomic mass is 16.5. The van der Waals surface area contributed by atoms with E-state index in [1.807, 2.05) is 13.0 Å². The molecule has 0 heterocycles. The quantitative estimate of drug-likeness (QED) is 0.402. The molecule has 0 saturated heterocycles. The van der Waals surface area contributed by atoms with Gasteiger partial charge < -0.3 is 10.1 Å². The third-order valence-corrected chi connectivity index (χ3v) is 8.54. The van der Waals surface area contributed by atoms with E-state index in [1.165, 1.54) is 16.8 Å². The van der Waals surface area contributed by atoms with Gasteiger partial charge in [0.1, 0.15) is 5.54 Å². The normalized spacial score (nSPS) is 33.5. The second-order valence-corrected chi connectivity index (χ2v) is 10.2.